The molecular weight excluding hydrogens is 276 g/mol. The molecule has 0 spiro atoms. The average molecular weight is 285 g/mol. The fraction of sp³-hybridized carbons (Fsp3) is 0.0833. The van der Waals surface area contributed by atoms with E-state index in [1.54, 1.807) is 24.3 Å². The Kier molecular flexibility index (Phi) is 3.84. The van der Waals surface area contributed by atoms with E-state index in [0.717, 1.165) is 0 Å². The zero-order chi connectivity index (χ0) is 13.1. The summed E-state index contributed by atoms with van der Waals surface area (Å²) >= 11 is 5.73. The number of furan rings is 1. The van der Waals surface area contributed by atoms with E-state index in [-0.39, 0.29) is 17.1 Å². The molecular formula is C12H9ClO4S. The largest absolute Gasteiger partial charge is 0.478 e. The molecule has 1 aromatic heterocycles. The van der Waals surface area contributed by atoms with Gasteiger partial charge in [-0.15, -0.1) is 0 Å². The highest BCUT2D eigenvalue weighted by Crippen LogP contribution is 2.18. The number of benzene rings is 1. The third kappa shape index (κ3) is 2.80. The second kappa shape index (κ2) is 5.37. The first-order valence-electron chi connectivity index (χ1n) is 5.01. The second-order valence-electron chi connectivity index (χ2n) is 3.51. The Morgan fingerprint density at radius 1 is 1.28 bits per heavy atom. The minimum absolute atomic E-state index is 0.0241. The molecule has 0 radical (unpaired) electrons. The SMILES string of the molecule is O=C(O)c1ccoc1CS(=O)c1ccc(Cl)cc1. The van der Waals surface area contributed by atoms with Gasteiger partial charge in [0.05, 0.1) is 22.8 Å². The fourth-order valence-electron chi connectivity index (χ4n) is 1.43. The topological polar surface area (TPSA) is 67.5 Å². The summed E-state index contributed by atoms with van der Waals surface area (Å²) in [7, 11) is -1.36. The van der Waals surface area contributed by atoms with Crippen LogP contribution in [0.2, 0.25) is 5.02 Å². The lowest BCUT2D eigenvalue weighted by atomic mass is 10.3. The van der Waals surface area contributed by atoms with Crippen LogP contribution >= 0.6 is 11.6 Å². The number of rotatable bonds is 4. The first kappa shape index (κ1) is 12.9. The van der Waals surface area contributed by atoms with Crippen molar-refractivity contribution in [2.24, 2.45) is 0 Å². The lowest BCUT2D eigenvalue weighted by molar-refractivity contribution is 0.0695. The maximum Gasteiger partial charge on any atom is 0.339 e. The van der Waals surface area contributed by atoms with Crippen LogP contribution in [-0.4, -0.2) is 15.3 Å². The number of hydrogen-bond acceptors (Lipinski definition) is 3. The van der Waals surface area contributed by atoms with Gasteiger partial charge < -0.3 is 9.52 Å². The number of hydrogen-bond donors (Lipinski definition) is 1. The van der Waals surface area contributed by atoms with E-state index in [0.29, 0.717) is 9.92 Å². The average Bonchev–Trinajstić information content (AvgIpc) is 2.78. The van der Waals surface area contributed by atoms with Crippen LogP contribution in [0, 0.1) is 0 Å². The molecule has 1 heterocycles. The third-order valence-corrected chi connectivity index (χ3v) is 3.89. The predicted molar refractivity (Wildman–Crippen MR) is 67.2 cm³/mol. The maximum atomic E-state index is 12.0. The Hall–Kier alpha value is -1.59. The lowest BCUT2D eigenvalue weighted by Crippen LogP contribution is -2.02. The molecule has 0 bridgehead atoms. The van der Waals surface area contributed by atoms with Gasteiger partial charge in [0.25, 0.3) is 0 Å². The lowest BCUT2D eigenvalue weighted by Gasteiger charge is -2.01. The Bertz CT molecular complexity index is 588. The zero-order valence-electron chi connectivity index (χ0n) is 9.13. The number of carboxylic acids is 1. The Labute approximate surface area is 111 Å². The van der Waals surface area contributed by atoms with Crippen molar-refractivity contribution in [2.75, 3.05) is 0 Å². The van der Waals surface area contributed by atoms with Crippen molar-refractivity contribution >= 4 is 28.4 Å². The van der Waals surface area contributed by atoms with E-state index in [2.05, 4.69) is 0 Å². The summed E-state index contributed by atoms with van der Waals surface area (Å²) in [4.78, 5) is 11.4. The first-order chi connectivity index (χ1) is 8.58. The Balaban J connectivity index is 2.19. The quantitative estimate of drug-likeness (QED) is 0.937. The Morgan fingerprint density at radius 3 is 2.56 bits per heavy atom. The molecule has 0 amide bonds. The van der Waals surface area contributed by atoms with Crippen LogP contribution in [0.1, 0.15) is 16.1 Å². The molecule has 0 aliphatic rings. The molecule has 94 valence electrons. The molecule has 4 nitrogen and oxygen atoms in total. The van der Waals surface area contributed by atoms with Gasteiger partial charge in [0.2, 0.25) is 0 Å². The molecule has 2 aromatic rings. The van der Waals surface area contributed by atoms with Crippen molar-refractivity contribution < 1.29 is 18.5 Å². The first-order valence-corrected chi connectivity index (χ1v) is 6.71. The minimum Gasteiger partial charge on any atom is -0.478 e. The van der Waals surface area contributed by atoms with Crippen molar-refractivity contribution in [1.29, 1.82) is 0 Å². The summed E-state index contributed by atoms with van der Waals surface area (Å²) < 4.78 is 17.1. The molecule has 0 saturated heterocycles. The van der Waals surface area contributed by atoms with E-state index in [4.69, 9.17) is 21.1 Å². The normalized spacial score (nSPS) is 12.3. The zero-order valence-corrected chi connectivity index (χ0v) is 10.7. The molecule has 0 aliphatic heterocycles. The highest BCUT2D eigenvalue weighted by Gasteiger charge is 2.16. The summed E-state index contributed by atoms with van der Waals surface area (Å²) in [5.41, 5.74) is 0.0392. The molecule has 18 heavy (non-hydrogen) atoms. The summed E-state index contributed by atoms with van der Waals surface area (Å²) in [5, 5.41) is 9.45. The Morgan fingerprint density at radius 2 is 1.94 bits per heavy atom. The summed E-state index contributed by atoms with van der Waals surface area (Å²) in [5.74, 6) is -0.862. The molecule has 0 fully saturated rings. The van der Waals surface area contributed by atoms with Crippen LogP contribution < -0.4 is 0 Å². The van der Waals surface area contributed by atoms with Crippen LogP contribution in [0.3, 0.4) is 0 Å². The van der Waals surface area contributed by atoms with Gasteiger partial charge in [-0.1, -0.05) is 11.6 Å². The molecule has 1 unspecified atom stereocenters. The molecule has 0 aliphatic carbocycles. The summed E-state index contributed by atoms with van der Waals surface area (Å²) in [6.45, 7) is 0. The van der Waals surface area contributed by atoms with Gasteiger partial charge in [-0.05, 0) is 30.3 Å². The second-order valence-corrected chi connectivity index (χ2v) is 5.39. The highest BCUT2D eigenvalue weighted by molar-refractivity contribution is 7.84. The third-order valence-electron chi connectivity index (χ3n) is 2.31. The van der Waals surface area contributed by atoms with E-state index in [9.17, 15) is 9.00 Å². The van der Waals surface area contributed by atoms with Crippen LogP contribution in [-0.2, 0) is 16.6 Å². The minimum atomic E-state index is -1.36. The molecule has 6 heteroatoms. The van der Waals surface area contributed by atoms with Crippen LogP contribution in [0.5, 0.6) is 0 Å². The number of aromatic carboxylic acids is 1. The molecule has 1 N–H and O–H groups in total. The van der Waals surface area contributed by atoms with E-state index < -0.39 is 16.8 Å². The van der Waals surface area contributed by atoms with Gasteiger partial charge in [0.1, 0.15) is 11.3 Å². The van der Waals surface area contributed by atoms with Gasteiger partial charge in [-0.2, -0.15) is 0 Å². The molecule has 0 saturated carbocycles. The molecule has 1 atom stereocenters. The van der Waals surface area contributed by atoms with Gasteiger partial charge >= 0.3 is 5.97 Å². The molecule has 1 aromatic carbocycles. The van der Waals surface area contributed by atoms with Gasteiger partial charge in [0, 0.05) is 9.92 Å². The van der Waals surface area contributed by atoms with Crippen LogP contribution in [0.15, 0.2) is 45.9 Å². The fourth-order valence-corrected chi connectivity index (χ4v) is 2.63. The monoisotopic (exact) mass is 284 g/mol. The van der Waals surface area contributed by atoms with E-state index in [1.807, 2.05) is 0 Å². The predicted octanol–water partition coefficient (Wildman–Crippen LogP) is 2.94. The van der Waals surface area contributed by atoms with Crippen molar-refractivity contribution in [2.45, 2.75) is 10.6 Å². The molecule has 2 rings (SSSR count). The van der Waals surface area contributed by atoms with E-state index in [1.165, 1.54) is 12.3 Å². The van der Waals surface area contributed by atoms with Crippen molar-refractivity contribution in [3.63, 3.8) is 0 Å². The van der Waals surface area contributed by atoms with E-state index >= 15 is 0 Å². The smallest absolute Gasteiger partial charge is 0.339 e. The maximum absolute atomic E-state index is 12.0. The standard InChI is InChI=1S/C12H9ClO4S/c13-8-1-3-9(4-2-8)18(16)7-11-10(12(14)15)5-6-17-11/h1-6H,7H2,(H,14,15). The van der Waals surface area contributed by atoms with Crippen molar-refractivity contribution in [1.82, 2.24) is 0 Å². The number of halogens is 1. The van der Waals surface area contributed by atoms with Crippen molar-refractivity contribution in [3.8, 4) is 0 Å². The summed E-state index contributed by atoms with van der Waals surface area (Å²) in [6.07, 6.45) is 1.28. The van der Waals surface area contributed by atoms with Gasteiger partial charge in [-0.3, -0.25) is 4.21 Å². The van der Waals surface area contributed by atoms with Crippen LogP contribution in [0.25, 0.3) is 0 Å². The van der Waals surface area contributed by atoms with Gasteiger partial charge in [0.15, 0.2) is 0 Å². The summed E-state index contributed by atoms with van der Waals surface area (Å²) in [6, 6.07) is 7.89. The highest BCUT2D eigenvalue weighted by atomic mass is 35.5. The number of carboxylic acid groups (broad SMARTS) is 1. The van der Waals surface area contributed by atoms with Crippen molar-refractivity contribution in [3.05, 3.63) is 52.9 Å². The number of carbonyl (C=O) groups is 1. The van der Waals surface area contributed by atoms with Gasteiger partial charge in [-0.25, -0.2) is 4.79 Å². The van der Waals surface area contributed by atoms with Crippen LogP contribution in [0.4, 0.5) is 0 Å².